The number of nitro groups is 1. The van der Waals surface area contributed by atoms with Crippen LogP contribution in [-0.4, -0.2) is 28.4 Å². The number of amides is 1. The highest BCUT2D eigenvalue weighted by Gasteiger charge is 2.15. The van der Waals surface area contributed by atoms with Crippen molar-refractivity contribution in [2.24, 2.45) is 0 Å². The summed E-state index contributed by atoms with van der Waals surface area (Å²) in [5.41, 5.74) is 1.41. The van der Waals surface area contributed by atoms with E-state index in [4.69, 9.17) is 4.74 Å². The first kappa shape index (κ1) is 19.0. The maximum absolute atomic E-state index is 11.9. The van der Waals surface area contributed by atoms with Gasteiger partial charge in [0.15, 0.2) is 6.61 Å². The molecule has 28 heavy (non-hydrogen) atoms. The van der Waals surface area contributed by atoms with Crippen LogP contribution < -0.4 is 5.32 Å². The van der Waals surface area contributed by atoms with E-state index in [0.717, 1.165) is 16.6 Å². The monoisotopic (exact) mass is 379 g/mol. The van der Waals surface area contributed by atoms with Gasteiger partial charge in [0.2, 0.25) is 0 Å². The van der Waals surface area contributed by atoms with E-state index in [1.165, 1.54) is 18.2 Å². The molecule has 0 aliphatic carbocycles. The summed E-state index contributed by atoms with van der Waals surface area (Å²) in [6, 6.07) is 17.2. The van der Waals surface area contributed by atoms with Gasteiger partial charge >= 0.3 is 5.97 Å². The first-order valence-electron chi connectivity index (χ1n) is 8.56. The van der Waals surface area contributed by atoms with Crippen molar-refractivity contribution >= 4 is 34.2 Å². The van der Waals surface area contributed by atoms with Gasteiger partial charge in [-0.1, -0.05) is 36.4 Å². The largest absolute Gasteiger partial charge is 0.456 e. The van der Waals surface area contributed by atoms with Gasteiger partial charge in [-0.15, -0.1) is 0 Å². The van der Waals surface area contributed by atoms with Gasteiger partial charge in [-0.2, -0.15) is 0 Å². The van der Waals surface area contributed by atoms with E-state index in [0.29, 0.717) is 6.42 Å². The van der Waals surface area contributed by atoms with Crippen LogP contribution in [0.2, 0.25) is 0 Å². The zero-order valence-corrected chi connectivity index (χ0v) is 14.8. The van der Waals surface area contributed by atoms with Gasteiger partial charge in [-0.25, -0.2) is 0 Å². The normalized spacial score (nSPS) is 10.4. The molecule has 2 aromatic carbocycles. The van der Waals surface area contributed by atoms with E-state index in [1.807, 2.05) is 36.4 Å². The van der Waals surface area contributed by atoms with Crippen molar-refractivity contribution in [3.05, 3.63) is 76.5 Å². The SMILES string of the molecule is O=C(COC(=O)CCc1ccc2ccccc2n1)Nc1ccccc1[N+](=O)[O-]. The lowest BCUT2D eigenvalue weighted by molar-refractivity contribution is -0.383. The van der Waals surface area contributed by atoms with E-state index in [2.05, 4.69) is 10.3 Å². The highest BCUT2D eigenvalue weighted by molar-refractivity contribution is 5.94. The number of para-hydroxylation sites is 3. The average Bonchev–Trinajstić information content (AvgIpc) is 2.70. The topological polar surface area (TPSA) is 111 Å². The lowest BCUT2D eigenvalue weighted by Crippen LogP contribution is -2.21. The molecule has 0 spiro atoms. The van der Waals surface area contributed by atoms with Crippen molar-refractivity contribution in [3.8, 4) is 0 Å². The number of aromatic nitrogens is 1. The van der Waals surface area contributed by atoms with Gasteiger partial charge < -0.3 is 10.1 Å². The third-order valence-corrected chi connectivity index (χ3v) is 3.98. The molecule has 0 fully saturated rings. The van der Waals surface area contributed by atoms with Crippen molar-refractivity contribution in [3.63, 3.8) is 0 Å². The summed E-state index contributed by atoms with van der Waals surface area (Å²) in [5.74, 6) is -1.20. The zero-order valence-electron chi connectivity index (χ0n) is 14.8. The molecule has 8 heteroatoms. The van der Waals surface area contributed by atoms with Gasteiger partial charge in [-0.05, 0) is 18.2 Å². The number of nitrogens with one attached hydrogen (secondary N) is 1. The lowest BCUT2D eigenvalue weighted by Gasteiger charge is -2.07. The zero-order chi connectivity index (χ0) is 19.9. The van der Waals surface area contributed by atoms with Crippen LogP contribution in [0, 0.1) is 10.1 Å². The fourth-order valence-corrected chi connectivity index (χ4v) is 2.62. The van der Waals surface area contributed by atoms with Crippen LogP contribution in [0.25, 0.3) is 10.9 Å². The molecule has 142 valence electrons. The molecule has 0 saturated carbocycles. The van der Waals surface area contributed by atoms with E-state index >= 15 is 0 Å². The molecule has 0 saturated heterocycles. The third-order valence-electron chi connectivity index (χ3n) is 3.98. The molecule has 0 unspecified atom stereocenters. The summed E-state index contributed by atoms with van der Waals surface area (Å²) in [6.45, 7) is -0.518. The van der Waals surface area contributed by atoms with Crippen molar-refractivity contribution in [1.29, 1.82) is 0 Å². The van der Waals surface area contributed by atoms with E-state index in [9.17, 15) is 19.7 Å². The Morgan fingerprint density at radius 2 is 1.79 bits per heavy atom. The second-order valence-corrected chi connectivity index (χ2v) is 5.98. The van der Waals surface area contributed by atoms with Crippen molar-refractivity contribution in [2.45, 2.75) is 12.8 Å². The average molecular weight is 379 g/mol. The second kappa shape index (κ2) is 8.72. The summed E-state index contributed by atoms with van der Waals surface area (Å²) < 4.78 is 4.94. The first-order valence-corrected chi connectivity index (χ1v) is 8.56. The molecule has 1 heterocycles. The number of carbonyl (C=O) groups excluding carboxylic acids is 2. The Morgan fingerprint density at radius 3 is 2.61 bits per heavy atom. The molecule has 0 aliphatic rings. The Hall–Kier alpha value is -3.81. The fourth-order valence-electron chi connectivity index (χ4n) is 2.62. The predicted molar refractivity (Wildman–Crippen MR) is 103 cm³/mol. The molecule has 3 rings (SSSR count). The van der Waals surface area contributed by atoms with Crippen LogP contribution in [-0.2, 0) is 20.7 Å². The van der Waals surface area contributed by atoms with Crippen LogP contribution in [0.5, 0.6) is 0 Å². The summed E-state index contributed by atoms with van der Waals surface area (Å²) in [4.78, 5) is 38.6. The number of anilines is 1. The number of carbonyl (C=O) groups is 2. The number of hydrogen-bond donors (Lipinski definition) is 1. The van der Waals surface area contributed by atoms with Crippen molar-refractivity contribution in [1.82, 2.24) is 4.98 Å². The van der Waals surface area contributed by atoms with Crippen LogP contribution in [0.15, 0.2) is 60.7 Å². The third kappa shape index (κ3) is 4.88. The first-order chi connectivity index (χ1) is 13.5. The van der Waals surface area contributed by atoms with E-state index in [-0.39, 0.29) is 17.8 Å². The van der Waals surface area contributed by atoms with E-state index in [1.54, 1.807) is 6.07 Å². The molecule has 0 atom stereocenters. The lowest BCUT2D eigenvalue weighted by atomic mass is 10.1. The summed E-state index contributed by atoms with van der Waals surface area (Å²) in [6.07, 6.45) is 0.458. The van der Waals surface area contributed by atoms with Crippen molar-refractivity contribution in [2.75, 3.05) is 11.9 Å². The molecule has 1 aromatic heterocycles. The molecule has 1 amide bonds. The summed E-state index contributed by atoms with van der Waals surface area (Å²) in [5, 5.41) is 14.3. The van der Waals surface area contributed by atoms with Gasteiger partial charge in [0, 0.05) is 23.6 Å². The minimum Gasteiger partial charge on any atom is -0.456 e. The van der Waals surface area contributed by atoms with Crippen LogP contribution in [0.4, 0.5) is 11.4 Å². The number of fused-ring (bicyclic) bond motifs is 1. The molecular formula is C20H17N3O5. The predicted octanol–water partition coefficient (Wildman–Crippen LogP) is 3.26. The molecule has 0 bridgehead atoms. The second-order valence-electron chi connectivity index (χ2n) is 5.98. The number of pyridine rings is 1. The maximum Gasteiger partial charge on any atom is 0.306 e. The fraction of sp³-hybridized carbons (Fsp3) is 0.150. The number of hydrogen-bond acceptors (Lipinski definition) is 6. The van der Waals surface area contributed by atoms with Gasteiger partial charge in [0.25, 0.3) is 11.6 Å². The standard InChI is InChI=1S/C20H17N3O5/c24-19(22-17-7-3-4-8-18(17)23(26)27)13-28-20(25)12-11-15-10-9-14-5-1-2-6-16(14)21-15/h1-10H,11-13H2,(H,22,24). The molecule has 0 aliphatic heterocycles. The van der Waals surface area contributed by atoms with Crippen LogP contribution in [0.1, 0.15) is 12.1 Å². The molecule has 1 N–H and O–H groups in total. The van der Waals surface area contributed by atoms with Gasteiger partial charge in [-0.3, -0.25) is 24.7 Å². The quantitative estimate of drug-likeness (QED) is 0.383. The Bertz CT molecular complexity index is 1040. The number of aryl methyl sites for hydroxylation is 1. The van der Waals surface area contributed by atoms with Crippen LogP contribution >= 0.6 is 0 Å². The van der Waals surface area contributed by atoms with Gasteiger partial charge in [0.05, 0.1) is 16.9 Å². The number of ether oxygens (including phenoxy) is 1. The number of nitrogens with zero attached hydrogens (tertiary/aromatic N) is 2. The smallest absolute Gasteiger partial charge is 0.306 e. The minimum absolute atomic E-state index is 0.0499. The molecular weight excluding hydrogens is 362 g/mol. The number of esters is 1. The summed E-state index contributed by atoms with van der Waals surface area (Å²) >= 11 is 0. The maximum atomic E-state index is 11.9. The Labute approximate surface area is 160 Å². The Morgan fingerprint density at radius 1 is 1.04 bits per heavy atom. The van der Waals surface area contributed by atoms with Crippen LogP contribution in [0.3, 0.4) is 0 Å². The number of nitro benzene ring substituents is 1. The van der Waals surface area contributed by atoms with E-state index < -0.39 is 23.4 Å². The number of rotatable bonds is 7. The number of benzene rings is 2. The highest BCUT2D eigenvalue weighted by Crippen LogP contribution is 2.22. The Balaban J connectivity index is 1.48. The highest BCUT2D eigenvalue weighted by atomic mass is 16.6. The molecule has 3 aromatic rings. The van der Waals surface area contributed by atoms with Gasteiger partial charge in [0.1, 0.15) is 5.69 Å². The Kier molecular flexibility index (Phi) is 5.91. The molecule has 0 radical (unpaired) electrons. The van der Waals surface area contributed by atoms with Crippen molar-refractivity contribution < 1.29 is 19.2 Å². The summed E-state index contributed by atoms with van der Waals surface area (Å²) in [7, 11) is 0. The molecule has 8 nitrogen and oxygen atoms in total. The minimum atomic E-state index is -0.647.